The largest absolute Gasteiger partial charge is 0.493 e. The number of hydrogen-bond acceptors (Lipinski definition) is 10. The summed E-state index contributed by atoms with van der Waals surface area (Å²) < 4.78 is 33.4. The third-order valence-electron chi connectivity index (χ3n) is 7.56. The maximum Gasteiger partial charge on any atom is 0.203 e. The summed E-state index contributed by atoms with van der Waals surface area (Å²) in [6.07, 6.45) is 0.167. The van der Waals surface area contributed by atoms with Crippen molar-refractivity contribution >= 4 is 11.5 Å². The number of hydrogen-bond donors (Lipinski definition) is 1. The highest BCUT2D eigenvalue weighted by Crippen LogP contribution is 2.41. The van der Waals surface area contributed by atoms with Crippen molar-refractivity contribution < 1.29 is 38.3 Å². The van der Waals surface area contributed by atoms with Gasteiger partial charge in [0.15, 0.2) is 28.8 Å². The van der Waals surface area contributed by atoms with E-state index < -0.39 is 6.10 Å². The van der Waals surface area contributed by atoms with E-state index in [2.05, 4.69) is 9.80 Å². The normalized spacial score (nSPS) is 14.1. The minimum absolute atomic E-state index is 0.0293. The summed E-state index contributed by atoms with van der Waals surface area (Å²) in [6.45, 7) is 3.51. The van der Waals surface area contributed by atoms with Crippen molar-refractivity contribution in [3.8, 4) is 34.5 Å². The minimum Gasteiger partial charge on any atom is -0.493 e. The van der Waals surface area contributed by atoms with Gasteiger partial charge in [-0.15, -0.1) is 0 Å². The second-order valence-electron chi connectivity index (χ2n) is 10.2. The van der Waals surface area contributed by atoms with Gasteiger partial charge in [0.05, 0.1) is 41.1 Å². The van der Waals surface area contributed by atoms with Crippen molar-refractivity contribution in [3.63, 3.8) is 0 Å². The molecule has 1 unspecified atom stereocenters. The number of carbonyl (C=O) groups is 1. The molecule has 1 fully saturated rings. The number of anilines is 1. The third-order valence-corrected chi connectivity index (χ3v) is 7.56. The number of β-amino-alcohol motifs (C(OH)–C–C–N with tert-alkyl or cyclic N) is 1. The molecular weight excluding hydrogens is 552 g/mol. The minimum atomic E-state index is -0.756. The van der Waals surface area contributed by atoms with Gasteiger partial charge in [-0.3, -0.25) is 9.69 Å². The van der Waals surface area contributed by atoms with Crippen molar-refractivity contribution in [2.24, 2.45) is 0 Å². The number of ketones is 1. The maximum absolute atomic E-state index is 13.3. The molecule has 10 heteroatoms. The number of nitrogens with zero attached hydrogens (tertiary/aromatic N) is 2. The molecule has 0 saturated carbocycles. The summed E-state index contributed by atoms with van der Waals surface area (Å²) in [4.78, 5) is 17.7. The lowest BCUT2D eigenvalue weighted by Crippen LogP contribution is -2.49. The van der Waals surface area contributed by atoms with Crippen LogP contribution in [0.25, 0.3) is 0 Å². The maximum atomic E-state index is 13.3. The zero-order valence-electron chi connectivity index (χ0n) is 25.6. The van der Waals surface area contributed by atoms with Crippen molar-refractivity contribution in [2.75, 3.05) is 79.8 Å². The van der Waals surface area contributed by atoms with E-state index in [0.717, 1.165) is 37.4 Å². The lowest BCUT2D eigenvalue weighted by Gasteiger charge is -2.37. The van der Waals surface area contributed by atoms with Gasteiger partial charge in [-0.2, -0.15) is 0 Å². The zero-order chi connectivity index (χ0) is 30.8. The molecule has 0 radical (unpaired) electrons. The first-order valence-electron chi connectivity index (χ1n) is 14.3. The average Bonchev–Trinajstić information content (AvgIpc) is 3.05. The highest BCUT2D eigenvalue weighted by atomic mass is 16.5. The number of methoxy groups -OCH3 is 5. The number of carbonyl (C=O) groups excluding carboxylic acids is 1. The fraction of sp³-hybridized carbons (Fsp3) is 0.424. The Kier molecular flexibility index (Phi) is 11.4. The van der Waals surface area contributed by atoms with Crippen molar-refractivity contribution in [2.45, 2.75) is 18.9 Å². The van der Waals surface area contributed by atoms with Crippen LogP contribution in [0, 0.1) is 0 Å². The Labute approximate surface area is 253 Å². The predicted octanol–water partition coefficient (Wildman–Crippen LogP) is 4.11. The van der Waals surface area contributed by atoms with Crippen LogP contribution in [-0.2, 0) is 6.42 Å². The zero-order valence-corrected chi connectivity index (χ0v) is 25.6. The first-order chi connectivity index (χ1) is 20.9. The highest BCUT2D eigenvalue weighted by molar-refractivity contribution is 5.99. The lowest BCUT2D eigenvalue weighted by atomic mass is 10.0. The summed E-state index contributed by atoms with van der Waals surface area (Å²) in [6, 6.07) is 17.1. The van der Waals surface area contributed by atoms with E-state index in [9.17, 15) is 9.90 Å². The van der Waals surface area contributed by atoms with Crippen LogP contribution in [-0.4, -0.2) is 96.8 Å². The lowest BCUT2D eigenvalue weighted by molar-refractivity contribution is 0.0654. The van der Waals surface area contributed by atoms with Crippen LogP contribution in [0.3, 0.4) is 0 Å². The van der Waals surface area contributed by atoms with Gasteiger partial charge in [-0.05, 0) is 18.1 Å². The van der Waals surface area contributed by atoms with Crippen molar-refractivity contribution in [3.05, 3.63) is 65.7 Å². The molecule has 1 atom stereocenters. The van der Waals surface area contributed by atoms with Gasteiger partial charge in [0.25, 0.3) is 0 Å². The Bertz CT molecular complexity index is 1320. The Morgan fingerprint density at radius 2 is 1.37 bits per heavy atom. The summed E-state index contributed by atoms with van der Waals surface area (Å²) >= 11 is 0. The molecule has 3 aromatic carbocycles. The molecule has 0 aliphatic carbocycles. The molecule has 0 amide bonds. The SMILES string of the molecule is COc1cc(OCC(O)CN2CCN(c3cc(OC)c(OC)c(OC)c3)CC2)c(C(=O)CCc2ccccc2)cc1OC. The number of aliphatic hydroxyl groups is 1. The number of benzene rings is 3. The third kappa shape index (κ3) is 8.03. The van der Waals surface area contributed by atoms with Crippen LogP contribution in [0.5, 0.6) is 34.5 Å². The summed E-state index contributed by atoms with van der Waals surface area (Å²) in [5, 5.41) is 10.9. The predicted molar refractivity (Wildman–Crippen MR) is 165 cm³/mol. The van der Waals surface area contributed by atoms with E-state index in [0.29, 0.717) is 59.4 Å². The standard InChI is InChI=1S/C33H42N2O8/c1-38-29-19-26(27(37)12-11-23-9-7-6-8-10-23)28(20-30(29)39-2)43-22-25(36)21-34-13-15-35(16-14-34)24-17-31(40-3)33(42-5)32(18-24)41-4/h6-10,17-20,25,36H,11-16,21-22H2,1-5H3. The molecule has 0 bridgehead atoms. The van der Waals surface area contributed by atoms with Crippen LogP contribution in [0.2, 0.25) is 0 Å². The molecular formula is C33H42N2O8. The molecule has 1 heterocycles. The van der Waals surface area contributed by atoms with Gasteiger partial charge >= 0.3 is 0 Å². The van der Waals surface area contributed by atoms with Gasteiger partial charge in [0.2, 0.25) is 5.75 Å². The first-order valence-corrected chi connectivity index (χ1v) is 14.3. The summed E-state index contributed by atoms with van der Waals surface area (Å²) in [5.74, 6) is 2.98. The number of rotatable bonds is 15. The number of piperazine rings is 1. The molecule has 4 rings (SSSR count). The van der Waals surface area contributed by atoms with Gasteiger partial charge in [0.1, 0.15) is 18.5 Å². The monoisotopic (exact) mass is 594 g/mol. The van der Waals surface area contributed by atoms with Crippen LogP contribution in [0.1, 0.15) is 22.3 Å². The number of aryl methyl sites for hydroxylation is 1. The quantitative estimate of drug-likeness (QED) is 0.259. The van der Waals surface area contributed by atoms with Crippen LogP contribution >= 0.6 is 0 Å². The van der Waals surface area contributed by atoms with Gasteiger partial charge in [-0.1, -0.05) is 30.3 Å². The van der Waals surface area contributed by atoms with E-state index in [1.54, 1.807) is 33.5 Å². The average molecular weight is 595 g/mol. The van der Waals surface area contributed by atoms with Crippen molar-refractivity contribution in [1.29, 1.82) is 0 Å². The molecule has 1 N–H and O–H groups in total. The van der Waals surface area contributed by atoms with E-state index >= 15 is 0 Å². The van der Waals surface area contributed by atoms with Gasteiger partial charge in [0, 0.05) is 63.0 Å². The topological polar surface area (TPSA) is 99.2 Å². The summed E-state index contributed by atoms with van der Waals surface area (Å²) in [7, 11) is 7.86. The fourth-order valence-corrected chi connectivity index (χ4v) is 5.21. The Morgan fingerprint density at radius 1 is 0.767 bits per heavy atom. The molecule has 43 heavy (non-hydrogen) atoms. The molecule has 1 aliphatic heterocycles. The molecule has 10 nitrogen and oxygen atoms in total. The molecule has 0 aromatic heterocycles. The van der Waals surface area contributed by atoms with Gasteiger partial charge in [-0.25, -0.2) is 0 Å². The number of Topliss-reactive ketones (excluding diaryl/α,β-unsaturated/α-hetero) is 1. The van der Waals surface area contributed by atoms with Crippen LogP contribution in [0.15, 0.2) is 54.6 Å². The molecule has 232 valence electrons. The van der Waals surface area contributed by atoms with Crippen LogP contribution in [0.4, 0.5) is 5.69 Å². The highest BCUT2D eigenvalue weighted by Gasteiger charge is 2.24. The van der Waals surface area contributed by atoms with E-state index in [-0.39, 0.29) is 12.4 Å². The van der Waals surface area contributed by atoms with E-state index in [4.69, 9.17) is 28.4 Å². The fourth-order valence-electron chi connectivity index (χ4n) is 5.21. The second kappa shape index (κ2) is 15.4. The number of aliphatic hydroxyl groups excluding tert-OH is 1. The van der Waals surface area contributed by atoms with E-state index in [1.165, 1.54) is 14.2 Å². The second-order valence-corrected chi connectivity index (χ2v) is 10.2. The van der Waals surface area contributed by atoms with Crippen LogP contribution < -0.4 is 33.3 Å². The molecule has 1 saturated heterocycles. The molecule has 1 aliphatic rings. The Hall–Kier alpha value is -4.15. The van der Waals surface area contributed by atoms with E-state index in [1.807, 2.05) is 42.5 Å². The molecule has 0 spiro atoms. The Balaban J connectivity index is 1.36. The summed E-state index contributed by atoms with van der Waals surface area (Å²) in [5.41, 5.74) is 2.47. The van der Waals surface area contributed by atoms with Crippen molar-refractivity contribution in [1.82, 2.24) is 4.90 Å². The first kappa shape index (κ1) is 31.8. The van der Waals surface area contributed by atoms with Gasteiger partial charge < -0.3 is 38.4 Å². The smallest absolute Gasteiger partial charge is 0.203 e. The number of ether oxygens (including phenoxy) is 6. The Morgan fingerprint density at radius 3 is 1.95 bits per heavy atom. The molecule has 3 aromatic rings.